The molecule has 1 aliphatic carbocycles. The van der Waals surface area contributed by atoms with E-state index in [2.05, 4.69) is 35.9 Å². The SMILES string of the molecule is Cc1cn(CC(=O)C2CCCC2)c2ccccc12. The summed E-state index contributed by atoms with van der Waals surface area (Å²) in [4.78, 5) is 12.2. The smallest absolute Gasteiger partial charge is 0.155 e. The monoisotopic (exact) mass is 241 g/mol. The van der Waals surface area contributed by atoms with Crippen LogP contribution in [0.5, 0.6) is 0 Å². The normalized spacial score (nSPS) is 16.5. The van der Waals surface area contributed by atoms with Gasteiger partial charge in [0, 0.05) is 23.0 Å². The van der Waals surface area contributed by atoms with E-state index >= 15 is 0 Å². The molecule has 2 heteroatoms. The molecule has 3 rings (SSSR count). The van der Waals surface area contributed by atoms with E-state index in [0.29, 0.717) is 18.2 Å². The van der Waals surface area contributed by atoms with Crippen molar-refractivity contribution in [2.24, 2.45) is 5.92 Å². The average molecular weight is 241 g/mol. The number of fused-ring (bicyclic) bond motifs is 1. The third-order valence-electron chi connectivity index (χ3n) is 4.12. The van der Waals surface area contributed by atoms with Crippen LogP contribution in [0.2, 0.25) is 0 Å². The topological polar surface area (TPSA) is 22.0 Å². The zero-order valence-corrected chi connectivity index (χ0v) is 10.9. The van der Waals surface area contributed by atoms with Crippen LogP contribution < -0.4 is 0 Å². The quantitative estimate of drug-likeness (QED) is 0.803. The molecule has 1 aromatic carbocycles. The molecule has 1 saturated carbocycles. The van der Waals surface area contributed by atoms with E-state index in [4.69, 9.17) is 0 Å². The molecule has 2 nitrogen and oxygen atoms in total. The Balaban J connectivity index is 1.88. The maximum Gasteiger partial charge on any atom is 0.155 e. The predicted molar refractivity (Wildman–Crippen MR) is 73.6 cm³/mol. The lowest BCUT2D eigenvalue weighted by Crippen LogP contribution is -2.17. The third kappa shape index (κ3) is 1.96. The van der Waals surface area contributed by atoms with E-state index in [1.165, 1.54) is 29.3 Å². The highest BCUT2D eigenvalue weighted by atomic mass is 16.1. The maximum absolute atomic E-state index is 12.2. The van der Waals surface area contributed by atoms with Crippen LogP contribution in [-0.4, -0.2) is 10.4 Å². The summed E-state index contributed by atoms with van der Waals surface area (Å²) in [5.74, 6) is 0.722. The van der Waals surface area contributed by atoms with Gasteiger partial charge in [-0.2, -0.15) is 0 Å². The molecule has 0 N–H and O–H groups in total. The maximum atomic E-state index is 12.2. The van der Waals surface area contributed by atoms with Crippen molar-refractivity contribution in [2.75, 3.05) is 0 Å². The number of ketones is 1. The lowest BCUT2D eigenvalue weighted by atomic mass is 10.0. The number of para-hydroxylation sites is 1. The van der Waals surface area contributed by atoms with Crippen LogP contribution in [-0.2, 0) is 11.3 Å². The molecule has 0 bridgehead atoms. The highest BCUT2D eigenvalue weighted by Crippen LogP contribution is 2.27. The summed E-state index contributed by atoms with van der Waals surface area (Å²) >= 11 is 0. The molecule has 94 valence electrons. The van der Waals surface area contributed by atoms with Crippen LogP contribution in [0.4, 0.5) is 0 Å². The fourth-order valence-corrected chi connectivity index (χ4v) is 3.11. The number of carbonyl (C=O) groups is 1. The lowest BCUT2D eigenvalue weighted by Gasteiger charge is -2.09. The lowest BCUT2D eigenvalue weighted by molar-refractivity contribution is -0.123. The van der Waals surface area contributed by atoms with Gasteiger partial charge in [-0.1, -0.05) is 31.0 Å². The molecule has 1 aliphatic rings. The van der Waals surface area contributed by atoms with Crippen molar-refractivity contribution < 1.29 is 4.79 Å². The molecule has 0 saturated heterocycles. The standard InChI is InChI=1S/C16H19NO/c1-12-10-17(15-9-5-4-8-14(12)15)11-16(18)13-6-2-3-7-13/h4-5,8-10,13H,2-3,6-7,11H2,1H3. The second kappa shape index (κ2) is 4.60. The fraction of sp³-hybridized carbons (Fsp3) is 0.438. The Kier molecular flexibility index (Phi) is 2.94. The Morgan fingerprint density at radius 1 is 1.28 bits per heavy atom. The van der Waals surface area contributed by atoms with Gasteiger partial charge in [-0.15, -0.1) is 0 Å². The number of benzene rings is 1. The van der Waals surface area contributed by atoms with Gasteiger partial charge in [-0.25, -0.2) is 0 Å². The number of rotatable bonds is 3. The highest BCUT2D eigenvalue weighted by Gasteiger charge is 2.23. The van der Waals surface area contributed by atoms with Gasteiger partial charge >= 0.3 is 0 Å². The fourth-order valence-electron chi connectivity index (χ4n) is 3.11. The number of hydrogen-bond donors (Lipinski definition) is 0. The van der Waals surface area contributed by atoms with Gasteiger partial charge in [0.15, 0.2) is 5.78 Å². The van der Waals surface area contributed by atoms with Crippen molar-refractivity contribution in [3.05, 3.63) is 36.0 Å². The Morgan fingerprint density at radius 3 is 2.78 bits per heavy atom. The van der Waals surface area contributed by atoms with Gasteiger partial charge in [0.25, 0.3) is 0 Å². The number of Topliss-reactive ketones (excluding diaryl/α,β-unsaturated/α-hetero) is 1. The average Bonchev–Trinajstić information content (AvgIpc) is 3.00. The zero-order valence-electron chi connectivity index (χ0n) is 10.9. The molecule has 0 spiro atoms. The van der Waals surface area contributed by atoms with Crippen molar-refractivity contribution in [1.82, 2.24) is 4.57 Å². The van der Waals surface area contributed by atoms with Crippen molar-refractivity contribution in [3.63, 3.8) is 0 Å². The van der Waals surface area contributed by atoms with Crippen molar-refractivity contribution in [3.8, 4) is 0 Å². The van der Waals surface area contributed by atoms with E-state index < -0.39 is 0 Å². The first-order valence-electron chi connectivity index (χ1n) is 6.83. The summed E-state index contributed by atoms with van der Waals surface area (Å²) in [5.41, 5.74) is 2.44. The largest absolute Gasteiger partial charge is 0.340 e. The van der Waals surface area contributed by atoms with Crippen LogP contribution in [0.1, 0.15) is 31.2 Å². The first-order chi connectivity index (χ1) is 8.75. The van der Waals surface area contributed by atoms with Gasteiger partial charge in [-0.05, 0) is 31.4 Å². The molecular weight excluding hydrogens is 222 g/mol. The summed E-state index contributed by atoms with van der Waals surface area (Å²) in [7, 11) is 0. The number of aryl methyl sites for hydroxylation is 1. The molecule has 0 atom stereocenters. The Bertz CT molecular complexity index is 576. The molecular formula is C16H19NO. The van der Waals surface area contributed by atoms with Crippen LogP contribution in [0.15, 0.2) is 30.5 Å². The number of carbonyl (C=O) groups excluding carboxylic acids is 1. The molecule has 2 aromatic rings. The minimum Gasteiger partial charge on any atom is -0.340 e. The molecule has 1 aromatic heterocycles. The molecule has 0 amide bonds. The van der Waals surface area contributed by atoms with E-state index in [0.717, 1.165) is 12.8 Å². The molecule has 1 heterocycles. The van der Waals surface area contributed by atoms with Crippen LogP contribution in [0.25, 0.3) is 10.9 Å². The van der Waals surface area contributed by atoms with Crippen molar-refractivity contribution in [2.45, 2.75) is 39.2 Å². The first kappa shape index (κ1) is 11.5. The Hall–Kier alpha value is -1.57. The summed E-state index contributed by atoms with van der Waals surface area (Å²) in [6, 6.07) is 8.32. The van der Waals surface area contributed by atoms with Crippen LogP contribution in [0, 0.1) is 12.8 Å². The summed E-state index contributed by atoms with van der Waals surface area (Å²) in [6.07, 6.45) is 6.75. The zero-order chi connectivity index (χ0) is 12.5. The van der Waals surface area contributed by atoms with Gasteiger partial charge in [0.1, 0.15) is 0 Å². The van der Waals surface area contributed by atoms with Gasteiger partial charge < -0.3 is 4.57 Å². The first-order valence-corrected chi connectivity index (χ1v) is 6.83. The van der Waals surface area contributed by atoms with Crippen molar-refractivity contribution in [1.29, 1.82) is 0 Å². The van der Waals surface area contributed by atoms with Crippen LogP contribution >= 0.6 is 0 Å². The highest BCUT2D eigenvalue weighted by molar-refractivity contribution is 5.87. The minimum absolute atomic E-state index is 0.312. The van der Waals surface area contributed by atoms with E-state index in [1.54, 1.807) is 0 Å². The van der Waals surface area contributed by atoms with E-state index in [9.17, 15) is 4.79 Å². The summed E-state index contributed by atoms with van der Waals surface area (Å²) in [5, 5.41) is 1.26. The third-order valence-corrected chi connectivity index (χ3v) is 4.12. The molecule has 0 unspecified atom stereocenters. The minimum atomic E-state index is 0.312. The molecule has 0 aliphatic heterocycles. The van der Waals surface area contributed by atoms with Crippen molar-refractivity contribution >= 4 is 16.7 Å². The number of nitrogens with zero attached hydrogens (tertiary/aromatic N) is 1. The number of aromatic nitrogens is 1. The van der Waals surface area contributed by atoms with E-state index in [1.807, 2.05) is 6.07 Å². The van der Waals surface area contributed by atoms with Gasteiger partial charge in [-0.3, -0.25) is 4.79 Å². The Labute approximate surface area is 108 Å². The van der Waals surface area contributed by atoms with Gasteiger partial charge in [0.2, 0.25) is 0 Å². The molecule has 1 fully saturated rings. The summed E-state index contributed by atoms with van der Waals surface area (Å²) in [6.45, 7) is 2.65. The van der Waals surface area contributed by atoms with Crippen LogP contribution in [0.3, 0.4) is 0 Å². The second-order valence-electron chi connectivity index (χ2n) is 5.40. The number of hydrogen-bond acceptors (Lipinski definition) is 1. The Morgan fingerprint density at radius 2 is 2.00 bits per heavy atom. The second-order valence-corrected chi connectivity index (χ2v) is 5.40. The van der Waals surface area contributed by atoms with E-state index in [-0.39, 0.29) is 0 Å². The molecule has 18 heavy (non-hydrogen) atoms. The molecule has 0 radical (unpaired) electrons. The van der Waals surface area contributed by atoms with Gasteiger partial charge in [0.05, 0.1) is 6.54 Å². The predicted octanol–water partition coefficient (Wildman–Crippen LogP) is 3.71. The summed E-state index contributed by atoms with van der Waals surface area (Å²) < 4.78 is 2.12.